The Bertz CT molecular complexity index is 484. The van der Waals surface area contributed by atoms with Crippen LogP contribution in [0.2, 0.25) is 0 Å². The van der Waals surface area contributed by atoms with Gasteiger partial charge in [-0.25, -0.2) is 0 Å². The molecule has 0 aromatic carbocycles. The fourth-order valence-corrected chi connectivity index (χ4v) is 5.42. The number of rotatable bonds is 6. The summed E-state index contributed by atoms with van der Waals surface area (Å²) in [6.45, 7) is 0. The van der Waals surface area contributed by atoms with E-state index in [1.54, 1.807) is 11.8 Å². The van der Waals surface area contributed by atoms with Crippen LogP contribution >= 0.6 is 23.4 Å². The average Bonchev–Trinajstić information content (AvgIpc) is 2.89. The van der Waals surface area contributed by atoms with Crippen LogP contribution in [-0.4, -0.2) is 52.4 Å². The molecule has 0 saturated heterocycles. The van der Waals surface area contributed by atoms with E-state index in [0.717, 1.165) is 18.6 Å². The van der Waals surface area contributed by atoms with Crippen LogP contribution in [0.3, 0.4) is 0 Å². The SMILES string of the molecule is COC(=O)CCSC[C@@H]1[C@@H](C#C[C@@H](O)C2CCCCC2)[C@H](O)C[C@H]1Cl. The van der Waals surface area contributed by atoms with Crippen molar-refractivity contribution in [1.29, 1.82) is 0 Å². The predicted molar refractivity (Wildman–Crippen MR) is 102 cm³/mol. The van der Waals surface area contributed by atoms with E-state index in [1.807, 2.05) is 0 Å². The van der Waals surface area contributed by atoms with Crippen molar-refractivity contribution in [3.05, 3.63) is 0 Å². The molecule has 2 aliphatic rings. The molecule has 0 aromatic heterocycles. The van der Waals surface area contributed by atoms with Gasteiger partial charge < -0.3 is 14.9 Å². The highest BCUT2D eigenvalue weighted by atomic mass is 35.5. The maximum absolute atomic E-state index is 11.2. The van der Waals surface area contributed by atoms with E-state index in [-0.39, 0.29) is 29.1 Å². The summed E-state index contributed by atoms with van der Waals surface area (Å²) < 4.78 is 4.64. The summed E-state index contributed by atoms with van der Waals surface area (Å²) in [7, 11) is 1.39. The number of halogens is 1. The Balaban J connectivity index is 1.87. The van der Waals surface area contributed by atoms with Gasteiger partial charge in [-0.3, -0.25) is 4.79 Å². The molecule has 2 saturated carbocycles. The molecular weight excluding hydrogens is 360 g/mol. The summed E-state index contributed by atoms with van der Waals surface area (Å²) in [5, 5.41) is 20.5. The third-order valence-corrected chi connectivity index (χ3v) is 6.91. The van der Waals surface area contributed by atoms with Gasteiger partial charge in [0.05, 0.1) is 25.6 Å². The van der Waals surface area contributed by atoms with Crippen molar-refractivity contribution in [3.8, 4) is 11.8 Å². The summed E-state index contributed by atoms with van der Waals surface area (Å²) in [6.07, 6.45) is 5.41. The third-order valence-electron chi connectivity index (χ3n) is 5.29. The lowest BCUT2D eigenvalue weighted by Crippen LogP contribution is -2.24. The number of carbonyl (C=O) groups is 1. The van der Waals surface area contributed by atoms with E-state index >= 15 is 0 Å². The molecule has 2 fully saturated rings. The molecular formula is C19H29ClO4S. The van der Waals surface area contributed by atoms with E-state index in [9.17, 15) is 15.0 Å². The highest BCUT2D eigenvalue weighted by Crippen LogP contribution is 2.38. The van der Waals surface area contributed by atoms with E-state index in [4.69, 9.17) is 11.6 Å². The molecule has 142 valence electrons. The zero-order valence-corrected chi connectivity index (χ0v) is 16.4. The summed E-state index contributed by atoms with van der Waals surface area (Å²) in [5.41, 5.74) is 0. The number of ether oxygens (including phenoxy) is 1. The van der Waals surface area contributed by atoms with Crippen LogP contribution in [0.5, 0.6) is 0 Å². The first-order chi connectivity index (χ1) is 12.0. The lowest BCUT2D eigenvalue weighted by molar-refractivity contribution is -0.140. The van der Waals surface area contributed by atoms with Crippen LogP contribution in [0.4, 0.5) is 0 Å². The van der Waals surface area contributed by atoms with Crippen molar-refractivity contribution in [3.63, 3.8) is 0 Å². The molecule has 5 atom stereocenters. The van der Waals surface area contributed by atoms with Crippen molar-refractivity contribution in [2.24, 2.45) is 17.8 Å². The lowest BCUT2D eigenvalue weighted by atomic mass is 9.85. The standard InChI is InChI=1S/C19H29ClO4S/c1-24-19(23)9-10-25-12-15-14(18(22)11-16(15)20)7-8-17(21)13-5-3-2-4-6-13/h13-18,21-22H,2-6,9-12H2,1H3/t14-,15-,16-,17-,18-/m1/s1. The third kappa shape index (κ3) is 6.36. The number of carbonyl (C=O) groups excluding carboxylic acids is 1. The molecule has 0 aromatic rings. The van der Waals surface area contributed by atoms with Crippen LogP contribution in [0.15, 0.2) is 0 Å². The Morgan fingerprint density at radius 1 is 1.36 bits per heavy atom. The molecule has 2 aliphatic carbocycles. The van der Waals surface area contributed by atoms with Crippen LogP contribution in [0.25, 0.3) is 0 Å². The Morgan fingerprint density at radius 2 is 2.08 bits per heavy atom. The molecule has 6 heteroatoms. The first-order valence-corrected chi connectivity index (χ1v) is 10.8. The molecule has 4 nitrogen and oxygen atoms in total. The second kappa shape index (κ2) is 10.7. The van der Waals surface area contributed by atoms with E-state index in [2.05, 4.69) is 16.6 Å². The fourth-order valence-electron chi connectivity index (χ4n) is 3.70. The zero-order valence-electron chi connectivity index (χ0n) is 14.8. The molecule has 0 radical (unpaired) electrons. The number of esters is 1. The van der Waals surface area contributed by atoms with Crippen molar-refractivity contribution >= 4 is 29.3 Å². The summed E-state index contributed by atoms with van der Waals surface area (Å²) in [5.74, 6) is 7.47. The second-order valence-corrected chi connectivity index (χ2v) is 8.75. The van der Waals surface area contributed by atoms with Crippen molar-refractivity contribution in [1.82, 2.24) is 0 Å². The van der Waals surface area contributed by atoms with Gasteiger partial charge in [-0.05, 0) is 30.9 Å². The maximum Gasteiger partial charge on any atom is 0.306 e. The van der Waals surface area contributed by atoms with Gasteiger partial charge >= 0.3 is 5.97 Å². The Kier molecular flexibility index (Phi) is 8.92. The number of thioether (sulfide) groups is 1. The molecule has 0 unspecified atom stereocenters. The number of aliphatic hydroxyl groups excluding tert-OH is 2. The maximum atomic E-state index is 11.2. The number of alkyl halides is 1. The average molecular weight is 389 g/mol. The molecule has 0 spiro atoms. The first-order valence-electron chi connectivity index (χ1n) is 9.18. The highest BCUT2D eigenvalue weighted by Gasteiger charge is 2.40. The monoisotopic (exact) mass is 388 g/mol. The van der Waals surface area contributed by atoms with Gasteiger partial charge in [-0.15, -0.1) is 11.6 Å². The molecule has 0 heterocycles. The summed E-state index contributed by atoms with van der Waals surface area (Å²) in [6, 6.07) is 0. The second-order valence-electron chi connectivity index (χ2n) is 7.04. The van der Waals surface area contributed by atoms with Gasteiger partial charge in [0.15, 0.2) is 0 Å². The smallest absolute Gasteiger partial charge is 0.306 e. The Morgan fingerprint density at radius 3 is 2.76 bits per heavy atom. The van der Waals surface area contributed by atoms with Gasteiger partial charge in [0.2, 0.25) is 0 Å². The number of aliphatic hydroxyl groups is 2. The number of methoxy groups -OCH3 is 1. The van der Waals surface area contributed by atoms with Crippen molar-refractivity contribution < 1.29 is 19.7 Å². The molecule has 0 aliphatic heterocycles. The largest absolute Gasteiger partial charge is 0.469 e. The highest BCUT2D eigenvalue weighted by molar-refractivity contribution is 7.99. The van der Waals surface area contributed by atoms with Gasteiger partial charge in [0, 0.05) is 17.0 Å². The minimum atomic E-state index is -0.602. The topological polar surface area (TPSA) is 66.8 Å². The first kappa shape index (κ1) is 20.9. The Labute approximate surface area is 160 Å². The van der Waals surface area contributed by atoms with E-state index in [0.29, 0.717) is 18.6 Å². The lowest BCUT2D eigenvalue weighted by Gasteiger charge is -2.23. The fraction of sp³-hybridized carbons (Fsp3) is 0.842. The van der Waals surface area contributed by atoms with E-state index in [1.165, 1.54) is 26.4 Å². The van der Waals surface area contributed by atoms with Crippen LogP contribution in [0, 0.1) is 29.6 Å². The molecule has 2 N–H and O–H groups in total. The molecule has 0 amide bonds. The van der Waals surface area contributed by atoms with Gasteiger partial charge in [-0.1, -0.05) is 31.1 Å². The van der Waals surface area contributed by atoms with E-state index < -0.39 is 12.2 Å². The van der Waals surface area contributed by atoms with Gasteiger partial charge in [-0.2, -0.15) is 11.8 Å². The minimum absolute atomic E-state index is 0.0744. The van der Waals surface area contributed by atoms with Crippen LogP contribution in [-0.2, 0) is 9.53 Å². The number of hydrogen-bond acceptors (Lipinski definition) is 5. The zero-order chi connectivity index (χ0) is 18.2. The van der Waals surface area contributed by atoms with Crippen LogP contribution in [0.1, 0.15) is 44.9 Å². The number of hydrogen-bond donors (Lipinski definition) is 2. The molecule has 2 rings (SSSR count). The summed E-state index contributed by atoms with van der Waals surface area (Å²) in [4.78, 5) is 11.2. The van der Waals surface area contributed by atoms with Crippen molar-refractivity contribution in [2.75, 3.05) is 18.6 Å². The van der Waals surface area contributed by atoms with Crippen molar-refractivity contribution in [2.45, 2.75) is 62.5 Å². The molecule has 25 heavy (non-hydrogen) atoms. The Hall–Kier alpha value is -0.410. The van der Waals surface area contributed by atoms with Crippen LogP contribution < -0.4 is 0 Å². The summed E-state index contributed by atoms with van der Waals surface area (Å²) >= 11 is 8.04. The van der Waals surface area contributed by atoms with Gasteiger partial charge in [0.1, 0.15) is 6.10 Å². The molecule has 0 bridgehead atoms. The minimum Gasteiger partial charge on any atom is -0.469 e. The predicted octanol–water partition coefficient (Wildman–Crippen LogP) is 2.83. The normalized spacial score (nSPS) is 31.2. The van der Waals surface area contributed by atoms with Gasteiger partial charge in [0.25, 0.3) is 0 Å². The quantitative estimate of drug-likeness (QED) is 0.317.